The van der Waals surface area contributed by atoms with Crippen molar-refractivity contribution >= 4 is 17.1 Å². The molecule has 5 heteroatoms. The molecule has 0 aliphatic rings. The van der Waals surface area contributed by atoms with Gasteiger partial charge >= 0.3 is 0 Å². The quantitative estimate of drug-likeness (QED) is 0.852. The first-order valence-corrected chi connectivity index (χ1v) is 6.70. The summed E-state index contributed by atoms with van der Waals surface area (Å²) in [6.45, 7) is 5.66. The van der Waals surface area contributed by atoms with Crippen molar-refractivity contribution < 1.29 is 9.32 Å². The Bertz CT molecular complexity index is 523. The first-order chi connectivity index (χ1) is 8.45. The maximum absolute atomic E-state index is 11.8. The number of ketones is 1. The molecule has 0 amide bonds. The highest BCUT2D eigenvalue weighted by Crippen LogP contribution is 2.18. The number of rotatable bonds is 4. The van der Waals surface area contributed by atoms with Gasteiger partial charge in [0.2, 0.25) is 5.89 Å². The summed E-state index contributed by atoms with van der Waals surface area (Å²) >= 11 is 1.66. The van der Waals surface area contributed by atoms with Crippen LogP contribution in [0.2, 0.25) is 0 Å². The standard InChI is InChI=1S/C13H16N2O2S/c1-13(2,3)10(16)8-12-14-11(15-17-12)7-9-5-4-6-18-9/h4-6H,7-8H2,1-3H3. The second-order valence-electron chi connectivity index (χ2n) is 5.21. The number of Topliss-reactive ketones (excluding diaryl/α,β-unsaturated/α-hetero) is 1. The predicted molar refractivity (Wildman–Crippen MR) is 69.6 cm³/mol. The fourth-order valence-electron chi connectivity index (χ4n) is 1.41. The van der Waals surface area contributed by atoms with Crippen molar-refractivity contribution in [1.29, 1.82) is 0 Å². The topological polar surface area (TPSA) is 56.0 Å². The lowest BCUT2D eigenvalue weighted by Crippen LogP contribution is -2.22. The van der Waals surface area contributed by atoms with E-state index in [1.165, 1.54) is 4.88 Å². The Labute approximate surface area is 110 Å². The maximum atomic E-state index is 11.8. The maximum Gasteiger partial charge on any atom is 0.234 e. The molecule has 4 nitrogen and oxygen atoms in total. The van der Waals surface area contributed by atoms with Crippen LogP contribution in [0.25, 0.3) is 0 Å². The summed E-state index contributed by atoms with van der Waals surface area (Å²) in [6, 6.07) is 4.02. The van der Waals surface area contributed by atoms with Crippen molar-refractivity contribution in [2.45, 2.75) is 33.6 Å². The molecule has 0 saturated carbocycles. The van der Waals surface area contributed by atoms with Crippen LogP contribution in [0, 0.1) is 5.41 Å². The largest absolute Gasteiger partial charge is 0.339 e. The van der Waals surface area contributed by atoms with Crippen LogP contribution in [-0.2, 0) is 17.6 Å². The molecule has 0 atom stereocenters. The van der Waals surface area contributed by atoms with Crippen LogP contribution in [0.4, 0.5) is 0 Å². The third-order valence-corrected chi connectivity index (χ3v) is 3.45. The van der Waals surface area contributed by atoms with E-state index in [0.717, 1.165) is 0 Å². The van der Waals surface area contributed by atoms with Crippen LogP contribution in [0.15, 0.2) is 22.0 Å². The molecule has 0 aliphatic carbocycles. The van der Waals surface area contributed by atoms with Gasteiger partial charge in [-0.25, -0.2) is 0 Å². The summed E-state index contributed by atoms with van der Waals surface area (Å²) in [6.07, 6.45) is 0.867. The van der Waals surface area contributed by atoms with Crippen LogP contribution in [-0.4, -0.2) is 15.9 Å². The van der Waals surface area contributed by atoms with Gasteiger partial charge in [0.1, 0.15) is 5.78 Å². The molecule has 0 N–H and O–H groups in total. The summed E-state index contributed by atoms with van der Waals surface area (Å²) in [5.74, 6) is 1.14. The van der Waals surface area contributed by atoms with Crippen molar-refractivity contribution in [1.82, 2.24) is 10.1 Å². The molecule has 0 unspecified atom stereocenters. The molecule has 0 radical (unpaired) electrons. The lowest BCUT2D eigenvalue weighted by Gasteiger charge is -2.14. The molecule has 2 rings (SSSR count). The zero-order valence-electron chi connectivity index (χ0n) is 10.8. The fourth-order valence-corrected chi connectivity index (χ4v) is 2.11. The minimum Gasteiger partial charge on any atom is -0.339 e. The summed E-state index contributed by atoms with van der Waals surface area (Å²) < 4.78 is 5.10. The van der Waals surface area contributed by atoms with Gasteiger partial charge in [-0.3, -0.25) is 4.79 Å². The van der Waals surface area contributed by atoms with Crippen LogP contribution in [0.5, 0.6) is 0 Å². The Morgan fingerprint density at radius 1 is 1.44 bits per heavy atom. The Kier molecular flexibility index (Phi) is 3.61. The average molecular weight is 264 g/mol. The highest BCUT2D eigenvalue weighted by atomic mass is 32.1. The van der Waals surface area contributed by atoms with Crippen molar-refractivity contribution in [3.05, 3.63) is 34.1 Å². The van der Waals surface area contributed by atoms with E-state index in [0.29, 0.717) is 18.1 Å². The number of carbonyl (C=O) groups is 1. The van der Waals surface area contributed by atoms with Gasteiger partial charge in [0.25, 0.3) is 0 Å². The normalized spacial score (nSPS) is 11.7. The molecule has 0 bridgehead atoms. The smallest absolute Gasteiger partial charge is 0.234 e. The van der Waals surface area contributed by atoms with E-state index in [1.807, 2.05) is 38.3 Å². The predicted octanol–water partition coefficient (Wildman–Crippen LogP) is 2.88. The molecule has 0 saturated heterocycles. The zero-order valence-corrected chi connectivity index (χ0v) is 11.6. The van der Waals surface area contributed by atoms with Crippen LogP contribution < -0.4 is 0 Å². The van der Waals surface area contributed by atoms with Gasteiger partial charge in [-0.2, -0.15) is 4.98 Å². The summed E-state index contributed by atoms with van der Waals surface area (Å²) in [7, 11) is 0. The Hall–Kier alpha value is -1.49. The molecule has 96 valence electrons. The highest BCUT2D eigenvalue weighted by Gasteiger charge is 2.23. The number of carbonyl (C=O) groups excluding carboxylic acids is 1. The van der Waals surface area contributed by atoms with E-state index in [1.54, 1.807) is 11.3 Å². The van der Waals surface area contributed by atoms with Gasteiger partial charge in [-0.1, -0.05) is 32.0 Å². The Morgan fingerprint density at radius 3 is 2.83 bits per heavy atom. The summed E-state index contributed by atoms with van der Waals surface area (Å²) in [4.78, 5) is 17.3. The first-order valence-electron chi connectivity index (χ1n) is 5.82. The molecule has 0 aliphatic heterocycles. The van der Waals surface area contributed by atoms with Crippen LogP contribution >= 0.6 is 11.3 Å². The third-order valence-electron chi connectivity index (χ3n) is 2.57. The van der Waals surface area contributed by atoms with Gasteiger partial charge in [0.15, 0.2) is 5.82 Å². The van der Waals surface area contributed by atoms with Crippen LogP contribution in [0.1, 0.15) is 37.4 Å². The molecule has 2 aromatic rings. The van der Waals surface area contributed by atoms with Crippen molar-refractivity contribution in [2.75, 3.05) is 0 Å². The summed E-state index contributed by atoms with van der Waals surface area (Å²) in [5, 5.41) is 5.91. The SMILES string of the molecule is CC(C)(C)C(=O)Cc1nc(Cc2cccs2)no1. The minimum atomic E-state index is -0.373. The molecule has 0 fully saturated rings. The molecular weight excluding hydrogens is 248 g/mol. The highest BCUT2D eigenvalue weighted by molar-refractivity contribution is 7.09. The minimum absolute atomic E-state index is 0.105. The second kappa shape index (κ2) is 5.02. The van der Waals surface area contributed by atoms with Crippen molar-refractivity contribution in [2.24, 2.45) is 5.41 Å². The summed E-state index contributed by atoms with van der Waals surface area (Å²) in [5.41, 5.74) is -0.373. The average Bonchev–Trinajstić information content (AvgIpc) is 2.89. The van der Waals surface area contributed by atoms with Crippen molar-refractivity contribution in [3.8, 4) is 0 Å². The van der Waals surface area contributed by atoms with Gasteiger partial charge < -0.3 is 4.52 Å². The lowest BCUT2D eigenvalue weighted by atomic mass is 9.89. The Balaban J connectivity index is 2.00. The fraction of sp³-hybridized carbons (Fsp3) is 0.462. The van der Waals surface area contributed by atoms with Crippen molar-refractivity contribution in [3.63, 3.8) is 0 Å². The third kappa shape index (κ3) is 3.26. The number of nitrogens with zero attached hydrogens (tertiary/aromatic N) is 2. The van der Waals surface area contributed by atoms with E-state index in [-0.39, 0.29) is 17.6 Å². The molecule has 2 heterocycles. The number of hydrogen-bond donors (Lipinski definition) is 0. The molecule has 18 heavy (non-hydrogen) atoms. The van der Waals surface area contributed by atoms with Crippen LogP contribution in [0.3, 0.4) is 0 Å². The van der Waals surface area contributed by atoms with Gasteiger partial charge in [0, 0.05) is 16.7 Å². The second-order valence-corrected chi connectivity index (χ2v) is 6.24. The zero-order chi connectivity index (χ0) is 13.2. The van der Waals surface area contributed by atoms with E-state index in [2.05, 4.69) is 10.1 Å². The monoisotopic (exact) mass is 264 g/mol. The van der Waals surface area contributed by atoms with Gasteiger partial charge in [-0.15, -0.1) is 11.3 Å². The van der Waals surface area contributed by atoms with E-state index in [4.69, 9.17) is 4.52 Å². The van der Waals surface area contributed by atoms with Gasteiger partial charge in [-0.05, 0) is 11.4 Å². The van der Waals surface area contributed by atoms with Gasteiger partial charge in [0.05, 0.1) is 6.42 Å². The first kappa shape index (κ1) is 13.0. The lowest BCUT2D eigenvalue weighted by molar-refractivity contribution is -0.125. The number of hydrogen-bond acceptors (Lipinski definition) is 5. The molecule has 0 spiro atoms. The van der Waals surface area contributed by atoms with E-state index in [9.17, 15) is 4.79 Å². The Morgan fingerprint density at radius 2 is 2.22 bits per heavy atom. The number of aromatic nitrogens is 2. The van der Waals surface area contributed by atoms with E-state index < -0.39 is 0 Å². The molecule has 2 aromatic heterocycles. The number of thiophene rings is 1. The molecule has 0 aromatic carbocycles. The molecular formula is C13H16N2O2S. The van der Waals surface area contributed by atoms with E-state index >= 15 is 0 Å².